The molecule has 0 aromatic carbocycles. The van der Waals surface area contributed by atoms with Crippen LogP contribution in [-0.4, -0.2) is 12.3 Å². The van der Waals surface area contributed by atoms with Crippen LogP contribution < -0.4 is 5.73 Å². The first kappa shape index (κ1) is 11.1. The number of rotatable bonds is 6. The molecule has 1 aromatic rings. The van der Waals surface area contributed by atoms with Crippen molar-refractivity contribution >= 4 is 11.8 Å². The van der Waals surface area contributed by atoms with Crippen LogP contribution in [0, 0.1) is 5.41 Å². The Morgan fingerprint density at radius 2 is 2.13 bits per heavy atom. The van der Waals surface area contributed by atoms with Crippen LogP contribution in [0.5, 0.6) is 0 Å². The molecule has 1 fully saturated rings. The molecule has 0 aliphatic heterocycles. The van der Waals surface area contributed by atoms with Gasteiger partial charge in [-0.05, 0) is 36.9 Å². The molecule has 1 aliphatic carbocycles. The minimum absolute atomic E-state index is 0.477. The number of hydrogen-bond donors (Lipinski definition) is 1. The summed E-state index contributed by atoms with van der Waals surface area (Å²) < 4.78 is 5.65. The molecule has 0 saturated heterocycles. The van der Waals surface area contributed by atoms with E-state index in [9.17, 15) is 0 Å². The molecule has 2 N–H and O–H groups in total. The van der Waals surface area contributed by atoms with Crippen LogP contribution in [0.3, 0.4) is 0 Å². The van der Waals surface area contributed by atoms with Gasteiger partial charge >= 0.3 is 0 Å². The minimum atomic E-state index is 0.477. The molecule has 0 spiro atoms. The molecular formula is C12H19NOS. The zero-order valence-corrected chi connectivity index (χ0v) is 10.1. The Balaban J connectivity index is 1.73. The molecule has 0 atom stereocenters. The zero-order valence-electron chi connectivity index (χ0n) is 9.29. The van der Waals surface area contributed by atoms with E-state index in [1.165, 1.54) is 18.6 Å². The second-order valence-electron chi connectivity index (χ2n) is 4.42. The Bertz CT molecular complexity index is 317. The summed E-state index contributed by atoms with van der Waals surface area (Å²) in [7, 11) is 0. The zero-order chi connectivity index (χ0) is 10.7. The first-order valence-corrected chi connectivity index (χ1v) is 6.79. The van der Waals surface area contributed by atoms with Crippen LogP contribution >= 0.6 is 11.8 Å². The number of hydrogen-bond acceptors (Lipinski definition) is 3. The molecule has 84 valence electrons. The van der Waals surface area contributed by atoms with Gasteiger partial charge in [-0.3, -0.25) is 0 Å². The van der Waals surface area contributed by atoms with Gasteiger partial charge in [0.2, 0.25) is 0 Å². The summed E-state index contributed by atoms with van der Waals surface area (Å²) >= 11 is 1.95. The fourth-order valence-corrected chi connectivity index (χ4v) is 2.94. The number of aryl methyl sites for hydroxylation is 1. The molecule has 1 aliphatic rings. The van der Waals surface area contributed by atoms with Crippen molar-refractivity contribution in [2.24, 2.45) is 11.1 Å². The van der Waals surface area contributed by atoms with Crippen LogP contribution in [0.25, 0.3) is 0 Å². The Hall–Kier alpha value is -0.410. The van der Waals surface area contributed by atoms with Crippen LogP contribution in [0.2, 0.25) is 0 Å². The van der Waals surface area contributed by atoms with E-state index in [1.54, 1.807) is 0 Å². The van der Waals surface area contributed by atoms with Crippen LogP contribution in [0.15, 0.2) is 16.5 Å². The highest BCUT2D eigenvalue weighted by Gasteiger charge is 2.40. The number of thioether (sulfide) groups is 1. The fourth-order valence-electron chi connectivity index (χ4n) is 1.64. The first-order chi connectivity index (χ1) is 7.28. The smallest absolute Gasteiger partial charge is 0.114 e. The SMILES string of the molecule is CCc1ccc(CSCC2(CN)CC2)o1. The van der Waals surface area contributed by atoms with Gasteiger partial charge in [0.1, 0.15) is 11.5 Å². The third-order valence-corrected chi connectivity index (χ3v) is 4.41. The first-order valence-electron chi connectivity index (χ1n) is 5.63. The Morgan fingerprint density at radius 3 is 2.67 bits per heavy atom. The van der Waals surface area contributed by atoms with E-state index in [0.717, 1.165) is 30.2 Å². The average molecular weight is 225 g/mol. The van der Waals surface area contributed by atoms with Gasteiger partial charge in [-0.15, -0.1) is 0 Å². The second kappa shape index (κ2) is 4.62. The second-order valence-corrected chi connectivity index (χ2v) is 5.40. The van der Waals surface area contributed by atoms with Crippen LogP contribution in [0.4, 0.5) is 0 Å². The average Bonchev–Trinajstić information content (AvgIpc) is 2.89. The summed E-state index contributed by atoms with van der Waals surface area (Å²) in [6.07, 6.45) is 3.61. The van der Waals surface area contributed by atoms with Gasteiger partial charge in [-0.25, -0.2) is 0 Å². The quantitative estimate of drug-likeness (QED) is 0.809. The molecule has 0 bridgehead atoms. The molecule has 2 rings (SSSR count). The van der Waals surface area contributed by atoms with E-state index < -0.39 is 0 Å². The van der Waals surface area contributed by atoms with Crippen molar-refractivity contribution < 1.29 is 4.42 Å². The Labute approximate surface area is 95.6 Å². The maximum Gasteiger partial charge on any atom is 0.114 e. The van der Waals surface area contributed by atoms with Crippen molar-refractivity contribution in [2.75, 3.05) is 12.3 Å². The molecule has 15 heavy (non-hydrogen) atoms. The van der Waals surface area contributed by atoms with Crippen molar-refractivity contribution in [3.63, 3.8) is 0 Å². The normalized spacial score (nSPS) is 18.0. The highest BCUT2D eigenvalue weighted by molar-refractivity contribution is 7.98. The number of furan rings is 1. The number of nitrogens with two attached hydrogens (primary N) is 1. The molecule has 0 radical (unpaired) electrons. The lowest BCUT2D eigenvalue weighted by Gasteiger charge is -2.10. The van der Waals surface area contributed by atoms with E-state index >= 15 is 0 Å². The van der Waals surface area contributed by atoms with Gasteiger partial charge in [0, 0.05) is 12.2 Å². The third-order valence-electron chi connectivity index (χ3n) is 3.11. The summed E-state index contributed by atoms with van der Waals surface area (Å²) in [5.41, 5.74) is 6.21. The largest absolute Gasteiger partial charge is 0.465 e. The van der Waals surface area contributed by atoms with Gasteiger partial charge in [0.05, 0.1) is 5.75 Å². The topological polar surface area (TPSA) is 39.2 Å². The summed E-state index contributed by atoms with van der Waals surface area (Å²) in [5.74, 6) is 4.36. The van der Waals surface area contributed by atoms with Crippen LogP contribution in [-0.2, 0) is 12.2 Å². The van der Waals surface area contributed by atoms with Gasteiger partial charge in [-0.1, -0.05) is 6.92 Å². The highest BCUT2D eigenvalue weighted by atomic mass is 32.2. The van der Waals surface area contributed by atoms with Crippen LogP contribution in [0.1, 0.15) is 31.3 Å². The van der Waals surface area contributed by atoms with E-state index in [2.05, 4.69) is 19.1 Å². The Morgan fingerprint density at radius 1 is 1.40 bits per heavy atom. The lowest BCUT2D eigenvalue weighted by atomic mass is 10.1. The minimum Gasteiger partial charge on any atom is -0.465 e. The fraction of sp³-hybridized carbons (Fsp3) is 0.667. The molecule has 2 nitrogen and oxygen atoms in total. The lowest BCUT2D eigenvalue weighted by molar-refractivity contribution is 0.485. The molecule has 0 unspecified atom stereocenters. The van der Waals surface area contributed by atoms with Gasteiger partial charge in [-0.2, -0.15) is 11.8 Å². The summed E-state index contributed by atoms with van der Waals surface area (Å²) in [4.78, 5) is 0. The van der Waals surface area contributed by atoms with E-state index in [-0.39, 0.29) is 0 Å². The predicted molar refractivity (Wildman–Crippen MR) is 65.0 cm³/mol. The van der Waals surface area contributed by atoms with Gasteiger partial charge in [0.15, 0.2) is 0 Å². The van der Waals surface area contributed by atoms with Gasteiger partial charge in [0.25, 0.3) is 0 Å². The monoisotopic (exact) mass is 225 g/mol. The van der Waals surface area contributed by atoms with E-state index in [4.69, 9.17) is 10.2 Å². The standard InChI is InChI=1S/C12H19NOS/c1-2-10-3-4-11(14-10)7-15-9-12(8-13)5-6-12/h3-4H,2,5-9,13H2,1H3. The van der Waals surface area contributed by atoms with E-state index in [0.29, 0.717) is 5.41 Å². The summed E-state index contributed by atoms with van der Waals surface area (Å²) in [6, 6.07) is 4.17. The van der Waals surface area contributed by atoms with Gasteiger partial charge < -0.3 is 10.2 Å². The maximum atomic E-state index is 5.74. The molecule has 1 heterocycles. The highest BCUT2D eigenvalue weighted by Crippen LogP contribution is 2.47. The van der Waals surface area contributed by atoms with Crippen molar-refractivity contribution in [3.8, 4) is 0 Å². The molecule has 0 amide bonds. The lowest BCUT2D eigenvalue weighted by Crippen LogP contribution is -2.17. The molecular weight excluding hydrogens is 206 g/mol. The predicted octanol–water partition coefficient (Wildman–Crippen LogP) is 2.81. The maximum absolute atomic E-state index is 5.74. The molecule has 1 aromatic heterocycles. The summed E-state index contributed by atoms with van der Waals surface area (Å²) in [5, 5.41) is 0. The van der Waals surface area contributed by atoms with E-state index in [1.807, 2.05) is 11.8 Å². The van der Waals surface area contributed by atoms with Crippen molar-refractivity contribution in [2.45, 2.75) is 31.9 Å². The third kappa shape index (κ3) is 2.79. The summed E-state index contributed by atoms with van der Waals surface area (Å²) in [6.45, 7) is 2.96. The molecule has 1 saturated carbocycles. The Kier molecular flexibility index (Phi) is 3.42. The van der Waals surface area contributed by atoms with Crippen molar-refractivity contribution in [1.82, 2.24) is 0 Å². The molecule has 3 heteroatoms. The van der Waals surface area contributed by atoms with Crippen molar-refractivity contribution in [3.05, 3.63) is 23.7 Å². The van der Waals surface area contributed by atoms with Crippen molar-refractivity contribution in [1.29, 1.82) is 0 Å².